The number of halogens is 3. The molecule has 0 saturated heterocycles. The molecule has 0 aromatic heterocycles. The van der Waals surface area contributed by atoms with Gasteiger partial charge in [0.2, 0.25) is 0 Å². The normalized spacial score (nSPS) is 10.8. The van der Waals surface area contributed by atoms with Crippen LogP contribution in [0.1, 0.15) is 39.2 Å². The monoisotopic (exact) mass is 234 g/mol. The predicted octanol–water partition coefficient (Wildman–Crippen LogP) is 4.73. The van der Waals surface area contributed by atoms with Crippen molar-refractivity contribution < 1.29 is 17.9 Å². The summed E-state index contributed by atoms with van der Waals surface area (Å²) in [5.41, 5.74) is 0.986. The number of hydrogen-bond acceptors (Lipinski definition) is 1. The fourth-order valence-electron chi connectivity index (χ4n) is 1.05. The Balaban J connectivity index is 0.00000106. The fourth-order valence-corrected chi connectivity index (χ4v) is 1.05. The van der Waals surface area contributed by atoms with Gasteiger partial charge in [-0.3, -0.25) is 0 Å². The molecule has 92 valence electrons. The molecule has 0 spiro atoms. The van der Waals surface area contributed by atoms with Gasteiger partial charge in [0.25, 0.3) is 0 Å². The largest absolute Gasteiger partial charge is 0.573 e. The Morgan fingerprint density at radius 1 is 1.00 bits per heavy atom. The van der Waals surface area contributed by atoms with Crippen LogP contribution in [0.3, 0.4) is 0 Å². The van der Waals surface area contributed by atoms with E-state index in [2.05, 4.69) is 4.74 Å². The second kappa shape index (κ2) is 6.40. The van der Waals surface area contributed by atoms with Crippen molar-refractivity contribution >= 4 is 0 Å². The third-order valence-electron chi connectivity index (χ3n) is 1.78. The number of ether oxygens (including phenoxy) is 1. The third-order valence-corrected chi connectivity index (χ3v) is 1.78. The van der Waals surface area contributed by atoms with Crippen LogP contribution in [-0.2, 0) is 0 Å². The second-order valence-corrected chi connectivity index (χ2v) is 3.27. The van der Waals surface area contributed by atoms with Gasteiger partial charge in [-0.05, 0) is 23.6 Å². The molecule has 0 unspecified atom stereocenters. The van der Waals surface area contributed by atoms with E-state index in [1.165, 1.54) is 12.1 Å². The molecule has 4 heteroatoms. The standard InChI is InChI=1S/C10H11F3O.C2H6/c1-7(2)8-3-5-9(6-4-8)14-10(11,12)13;1-2/h3-7H,1-2H3;1-2H3. The van der Waals surface area contributed by atoms with Crippen LogP contribution in [0.5, 0.6) is 5.75 Å². The SMILES string of the molecule is CC.CC(C)c1ccc(OC(F)(F)F)cc1. The molecule has 0 bridgehead atoms. The van der Waals surface area contributed by atoms with Gasteiger partial charge < -0.3 is 4.74 Å². The Morgan fingerprint density at radius 2 is 1.44 bits per heavy atom. The molecule has 0 heterocycles. The van der Waals surface area contributed by atoms with Crippen LogP contribution in [0.2, 0.25) is 0 Å². The molecule has 0 amide bonds. The summed E-state index contributed by atoms with van der Waals surface area (Å²) in [7, 11) is 0. The summed E-state index contributed by atoms with van der Waals surface area (Å²) < 4.78 is 39.1. The van der Waals surface area contributed by atoms with Gasteiger partial charge in [0.15, 0.2) is 0 Å². The summed E-state index contributed by atoms with van der Waals surface area (Å²) >= 11 is 0. The highest BCUT2D eigenvalue weighted by atomic mass is 19.4. The first-order chi connectivity index (χ1) is 7.38. The van der Waals surface area contributed by atoms with Gasteiger partial charge >= 0.3 is 6.36 Å². The number of benzene rings is 1. The molecule has 0 fully saturated rings. The fraction of sp³-hybridized carbons (Fsp3) is 0.500. The zero-order chi connectivity index (χ0) is 12.8. The molecule has 1 aromatic rings. The highest BCUT2D eigenvalue weighted by Gasteiger charge is 2.30. The van der Waals surface area contributed by atoms with Crippen LogP contribution in [0.15, 0.2) is 24.3 Å². The van der Waals surface area contributed by atoms with Gasteiger partial charge in [0.1, 0.15) is 5.75 Å². The van der Waals surface area contributed by atoms with Crippen molar-refractivity contribution in [3.8, 4) is 5.75 Å². The molecule has 0 aliphatic carbocycles. The minimum Gasteiger partial charge on any atom is -0.406 e. The highest BCUT2D eigenvalue weighted by molar-refractivity contribution is 5.28. The Hall–Kier alpha value is -1.19. The van der Waals surface area contributed by atoms with Crippen molar-refractivity contribution in [2.45, 2.75) is 40.0 Å². The maximum Gasteiger partial charge on any atom is 0.573 e. The summed E-state index contributed by atoms with van der Waals surface area (Å²) in [5.74, 6) is 0.122. The molecule has 0 radical (unpaired) electrons. The van der Waals surface area contributed by atoms with Crippen molar-refractivity contribution in [1.82, 2.24) is 0 Å². The molecular weight excluding hydrogens is 217 g/mol. The Morgan fingerprint density at radius 3 is 1.75 bits per heavy atom. The Labute approximate surface area is 94.2 Å². The maximum atomic E-state index is 11.8. The van der Waals surface area contributed by atoms with E-state index in [1.807, 2.05) is 27.7 Å². The summed E-state index contributed by atoms with van der Waals surface area (Å²) in [6.45, 7) is 7.94. The van der Waals surface area contributed by atoms with Crippen molar-refractivity contribution in [1.29, 1.82) is 0 Å². The predicted molar refractivity (Wildman–Crippen MR) is 58.6 cm³/mol. The van der Waals surface area contributed by atoms with Crippen molar-refractivity contribution in [3.05, 3.63) is 29.8 Å². The van der Waals surface area contributed by atoms with Crippen LogP contribution in [0.25, 0.3) is 0 Å². The number of rotatable bonds is 2. The molecule has 1 nitrogen and oxygen atoms in total. The van der Waals surface area contributed by atoms with Crippen molar-refractivity contribution in [3.63, 3.8) is 0 Å². The minimum absolute atomic E-state index is 0.179. The van der Waals surface area contributed by atoms with Crippen LogP contribution in [0, 0.1) is 0 Å². The zero-order valence-electron chi connectivity index (χ0n) is 9.93. The first kappa shape index (κ1) is 14.8. The van der Waals surface area contributed by atoms with Gasteiger partial charge in [0.05, 0.1) is 0 Å². The van der Waals surface area contributed by atoms with Gasteiger partial charge in [-0.25, -0.2) is 0 Å². The molecule has 0 N–H and O–H groups in total. The lowest BCUT2D eigenvalue weighted by Gasteiger charge is -2.10. The van der Waals surface area contributed by atoms with Crippen molar-refractivity contribution in [2.24, 2.45) is 0 Å². The van der Waals surface area contributed by atoms with E-state index in [1.54, 1.807) is 12.1 Å². The van der Waals surface area contributed by atoms with E-state index < -0.39 is 6.36 Å². The second-order valence-electron chi connectivity index (χ2n) is 3.27. The number of alkyl halides is 3. The minimum atomic E-state index is -4.61. The van der Waals surface area contributed by atoms with Gasteiger partial charge in [-0.1, -0.05) is 39.8 Å². The van der Waals surface area contributed by atoms with E-state index in [-0.39, 0.29) is 5.75 Å². The summed E-state index contributed by atoms with van der Waals surface area (Å²) in [6, 6.07) is 5.91. The third kappa shape index (κ3) is 5.63. The topological polar surface area (TPSA) is 9.23 Å². The molecule has 0 saturated carbocycles. The molecular formula is C12H17F3O. The average Bonchev–Trinajstić information content (AvgIpc) is 2.19. The average molecular weight is 234 g/mol. The van der Waals surface area contributed by atoms with Crippen LogP contribution in [0.4, 0.5) is 13.2 Å². The molecule has 0 atom stereocenters. The zero-order valence-corrected chi connectivity index (χ0v) is 9.93. The van der Waals surface area contributed by atoms with Crippen LogP contribution >= 0.6 is 0 Å². The molecule has 1 aromatic carbocycles. The maximum absolute atomic E-state index is 11.8. The lowest BCUT2D eigenvalue weighted by Crippen LogP contribution is -2.17. The number of hydrogen-bond donors (Lipinski definition) is 0. The molecule has 0 aliphatic heterocycles. The van der Waals surface area contributed by atoms with E-state index in [0.29, 0.717) is 5.92 Å². The molecule has 16 heavy (non-hydrogen) atoms. The first-order valence-electron chi connectivity index (χ1n) is 5.24. The quantitative estimate of drug-likeness (QED) is 0.718. The molecule has 1 rings (SSSR count). The van der Waals surface area contributed by atoms with Crippen LogP contribution in [-0.4, -0.2) is 6.36 Å². The van der Waals surface area contributed by atoms with Gasteiger partial charge in [-0.15, -0.1) is 13.2 Å². The molecule has 0 aliphatic rings. The summed E-state index contributed by atoms with van der Waals surface area (Å²) in [5, 5.41) is 0. The lowest BCUT2D eigenvalue weighted by atomic mass is 10.0. The van der Waals surface area contributed by atoms with E-state index in [0.717, 1.165) is 5.56 Å². The van der Waals surface area contributed by atoms with E-state index >= 15 is 0 Å². The van der Waals surface area contributed by atoms with E-state index in [4.69, 9.17) is 0 Å². The van der Waals surface area contributed by atoms with Crippen LogP contribution < -0.4 is 4.74 Å². The van der Waals surface area contributed by atoms with Gasteiger partial charge in [0, 0.05) is 0 Å². The van der Waals surface area contributed by atoms with Crippen molar-refractivity contribution in [2.75, 3.05) is 0 Å². The summed E-state index contributed by atoms with van der Waals surface area (Å²) in [6.07, 6.45) is -4.61. The Kier molecular flexibility index (Phi) is 5.93. The van der Waals surface area contributed by atoms with Gasteiger partial charge in [-0.2, -0.15) is 0 Å². The van der Waals surface area contributed by atoms with E-state index in [9.17, 15) is 13.2 Å². The lowest BCUT2D eigenvalue weighted by molar-refractivity contribution is -0.274. The Bertz CT molecular complexity index is 288. The summed E-state index contributed by atoms with van der Waals surface area (Å²) in [4.78, 5) is 0. The first-order valence-corrected chi connectivity index (χ1v) is 5.24. The smallest absolute Gasteiger partial charge is 0.406 e. The highest BCUT2D eigenvalue weighted by Crippen LogP contribution is 2.24.